The third kappa shape index (κ3) is 2.19. The molecule has 2 atom stereocenters. The van der Waals surface area contributed by atoms with E-state index < -0.39 is 0 Å². The molecule has 0 saturated carbocycles. The van der Waals surface area contributed by atoms with Gasteiger partial charge in [-0.1, -0.05) is 31.2 Å². The fourth-order valence-corrected chi connectivity index (χ4v) is 4.24. The van der Waals surface area contributed by atoms with E-state index in [0.29, 0.717) is 12.0 Å². The second-order valence-electron chi connectivity index (χ2n) is 6.07. The van der Waals surface area contributed by atoms with Crippen molar-refractivity contribution in [1.82, 2.24) is 10.3 Å². The molecular formula is C17H22N2S. The molecule has 1 aliphatic carbocycles. The van der Waals surface area contributed by atoms with E-state index >= 15 is 0 Å². The molecule has 2 nitrogen and oxygen atoms in total. The summed E-state index contributed by atoms with van der Waals surface area (Å²) in [5.41, 5.74) is 2.79. The molecule has 0 fully saturated rings. The average Bonchev–Trinajstić information content (AvgIpc) is 2.97. The smallest absolute Gasteiger partial charge is 0.117 e. The van der Waals surface area contributed by atoms with Crippen LogP contribution in [-0.4, -0.2) is 11.0 Å². The van der Waals surface area contributed by atoms with Gasteiger partial charge >= 0.3 is 0 Å². The van der Waals surface area contributed by atoms with Crippen molar-refractivity contribution in [2.24, 2.45) is 0 Å². The summed E-state index contributed by atoms with van der Waals surface area (Å²) in [6.45, 7) is 6.77. The van der Waals surface area contributed by atoms with Crippen molar-refractivity contribution in [2.45, 2.75) is 51.1 Å². The molecule has 1 heterocycles. The molecule has 0 aliphatic heterocycles. The minimum Gasteiger partial charge on any atom is -0.299 e. The molecule has 3 rings (SSSR count). The fourth-order valence-electron chi connectivity index (χ4n) is 3.40. The van der Waals surface area contributed by atoms with Gasteiger partial charge in [-0.25, -0.2) is 4.98 Å². The van der Waals surface area contributed by atoms with Gasteiger partial charge in [0.05, 0.1) is 5.54 Å². The third-order valence-electron chi connectivity index (χ3n) is 4.24. The Morgan fingerprint density at radius 3 is 2.85 bits per heavy atom. The van der Waals surface area contributed by atoms with Crippen LogP contribution in [0.25, 0.3) is 0 Å². The second-order valence-corrected chi connectivity index (χ2v) is 6.96. The largest absolute Gasteiger partial charge is 0.299 e. The van der Waals surface area contributed by atoms with Crippen LogP contribution in [0.2, 0.25) is 0 Å². The van der Waals surface area contributed by atoms with Crippen LogP contribution in [0.3, 0.4) is 0 Å². The highest BCUT2D eigenvalue weighted by Gasteiger charge is 2.42. The maximum atomic E-state index is 4.65. The Morgan fingerprint density at radius 2 is 2.15 bits per heavy atom. The maximum absolute atomic E-state index is 4.65. The molecular weight excluding hydrogens is 264 g/mol. The van der Waals surface area contributed by atoms with E-state index in [-0.39, 0.29) is 5.54 Å². The highest BCUT2D eigenvalue weighted by Crippen LogP contribution is 2.45. The summed E-state index contributed by atoms with van der Waals surface area (Å²) < 4.78 is 0. The van der Waals surface area contributed by atoms with Crippen LogP contribution < -0.4 is 5.32 Å². The Morgan fingerprint density at radius 1 is 1.35 bits per heavy atom. The van der Waals surface area contributed by atoms with Gasteiger partial charge in [0.15, 0.2) is 0 Å². The van der Waals surface area contributed by atoms with Crippen LogP contribution in [-0.2, 0) is 5.54 Å². The molecule has 0 amide bonds. The molecule has 0 bridgehead atoms. The highest BCUT2D eigenvalue weighted by atomic mass is 32.1. The van der Waals surface area contributed by atoms with Crippen LogP contribution >= 0.6 is 11.3 Å². The Labute approximate surface area is 125 Å². The molecule has 1 aliphatic rings. The number of hydrogen-bond acceptors (Lipinski definition) is 3. The van der Waals surface area contributed by atoms with Crippen molar-refractivity contribution in [3.63, 3.8) is 0 Å². The van der Waals surface area contributed by atoms with E-state index in [4.69, 9.17) is 0 Å². The number of benzene rings is 1. The number of thiazole rings is 1. The molecule has 2 unspecified atom stereocenters. The normalized spacial score (nSPS) is 25.7. The zero-order valence-electron chi connectivity index (χ0n) is 12.4. The SMILES string of the molecule is CC(C)NC1(c2nccs2)CCC(C)c2ccccc21. The summed E-state index contributed by atoms with van der Waals surface area (Å²) in [5, 5.41) is 7.10. The van der Waals surface area contributed by atoms with Gasteiger partial charge in [0.1, 0.15) is 5.01 Å². The number of aromatic nitrogens is 1. The zero-order chi connectivity index (χ0) is 14.2. The molecule has 106 valence electrons. The predicted octanol–water partition coefficient (Wildman–Crippen LogP) is 4.28. The molecule has 0 spiro atoms. The van der Waals surface area contributed by atoms with Crippen LogP contribution in [0, 0.1) is 0 Å². The first-order chi connectivity index (χ1) is 9.63. The number of fused-ring (bicyclic) bond motifs is 1. The Bertz CT molecular complexity index is 576. The van der Waals surface area contributed by atoms with Crippen LogP contribution in [0.15, 0.2) is 35.8 Å². The van der Waals surface area contributed by atoms with Crippen molar-refractivity contribution in [2.75, 3.05) is 0 Å². The highest BCUT2D eigenvalue weighted by molar-refractivity contribution is 7.09. The summed E-state index contributed by atoms with van der Waals surface area (Å²) >= 11 is 1.76. The lowest BCUT2D eigenvalue weighted by Crippen LogP contribution is -2.49. The van der Waals surface area contributed by atoms with Gasteiger partial charge in [-0.15, -0.1) is 11.3 Å². The summed E-state index contributed by atoms with van der Waals surface area (Å²) in [6.07, 6.45) is 4.25. The fraction of sp³-hybridized carbons (Fsp3) is 0.471. The van der Waals surface area contributed by atoms with Gasteiger partial charge in [-0.05, 0) is 43.7 Å². The van der Waals surface area contributed by atoms with E-state index in [9.17, 15) is 0 Å². The summed E-state index contributed by atoms with van der Waals surface area (Å²) in [7, 11) is 0. The quantitative estimate of drug-likeness (QED) is 0.911. The van der Waals surface area contributed by atoms with E-state index in [1.807, 2.05) is 6.20 Å². The standard InChI is InChI=1S/C17H22N2S/c1-12(2)19-17(16-18-10-11-20-16)9-8-13(3)14-6-4-5-7-15(14)17/h4-7,10-13,19H,8-9H2,1-3H3. The molecule has 3 heteroatoms. The van der Waals surface area contributed by atoms with Crippen molar-refractivity contribution >= 4 is 11.3 Å². The maximum Gasteiger partial charge on any atom is 0.117 e. The first kappa shape index (κ1) is 13.8. The van der Waals surface area contributed by atoms with Crippen LogP contribution in [0.5, 0.6) is 0 Å². The monoisotopic (exact) mass is 286 g/mol. The van der Waals surface area contributed by atoms with Gasteiger partial charge in [-0.2, -0.15) is 0 Å². The van der Waals surface area contributed by atoms with Crippen molar-refractivity contribution in [3.05, 3.63) is 52.0 Å². The molecule has 0 radical (unpaired) electrons. The average molecular weight is 286 g/mol. The van der Waals surface area contributed by atoms with Gasteiger partial charge in [0.25, 0.3) is 0 Å². The zero-order valence-corrected chi connectivity index (χ0v) is 13.2. The third-order valence-corrected chi connectivity index (χ3v) is 5.17. The molecule has 0 saturated heterocycles. The van der Waals surface area contributed by atoms with Crippen molar-refractivity contribution < 1.29 is 0 Å². The molecule has 1 aromatic heterocycles. The number of nitrogens with one attached hydrogen (secondary N) is 1. The molecule has 2 aromatic rings. The van der Waals surface area contributed by atoms with Crippen molar-refractivity contribution in [3.8, 4) is 0 Å². The first-order valence-corrected chi connectivity index (χ1v) is 8.28. The van der Waals surface area contributed by atoms with Gasteiger partial charge in [0.2, 0.25) is 0 Å². The summed E-state index contributed by atoms with van der Waals surface area (Å²) in [6, 6.07) is 9.30. The minimum absolute atomic E-state index is 0.106. The number of hydrogen-bond donors (Lipinski definition) is 1. The topological polar surface area (TPSA) is 24.9 Å². The van der Waals surface area contributed by atoms with Crippen molar-refractivity contribution in [1.29, 1.82) is 0 Å². The van der Waals surface area contributed by atoms with E-state index in [2.05, 4.69) is 60.7 Å². The van der Waals surface area contributed by atoms with Crippen LogP contribution in [0.1, 0.15) is 55.7 Å². The predicted molar refractivity (Wildman–Crippen MR) is 85.3 cm³/mol. The molecule has 1 aromatic carbocycles. The lowest BCUT2D eigenvalue weighted by molar-refractivity contribution is 0.302. The summed E-state index contributed by atoms with van der Waals surface area (Å²) in [4.78, 5) is 4.65. The van der Waals surface area contributed by atoms with Gasteiger partial charge < -0.3 is 0 Å². The first-order valence-electron chi connectivity index (χ1n) is 7.40. The van der Waals surface area contributed by atoms with Crippen LogP contribution in [0.4, 0.5) is 0 Å². The molecule has 1 N–H and O–H groups in total. The minimum atomic E-state index is -0.106. The van der Waals surface area contributed by atoms with E-state index in [0.717, 1.165) is 6.42 Å². The van der Waals surface area contributed by atoms with Gasteiger partial charge in [0, 0.05) is 17.6 Å². The lowest BCUT2D eigenvalue weighted by atomic mass is 9.72. The lowest BCUT2D eigenvalue weighted by Gasteiger charge is -2.42. The number of nitrogens with zero attached hydrogens (tertiary/aromatic N) is 1. The second kappa shape index (κ2) is 5.30. The molecule has 20 heavy (non-hydrogen) atoms. The van der Waals surface area contributed by atoms with E-state index in [1.165, 1.54) is 22.6 Å². The number of rotatable bonds is 3. The Hall–Kier alpha value is -1.19. The van der Waals surface area contributed by atoms with Gasteiger partial charge in [-0.3, -0.25) is 5.32 Å². The Balaban J connectivity index is 2.18. The van der Waals surface area contributed by atoms with E-state index in [1.54, 1.807) is 11.3 Å². The summed E-state index contributed by atoms with van der Waals surface area (Å²) in [5.74, 6) is 0.633. The Kier molecular flexibility index (Phi) is 3.65.